The summed E-state index contributed by atoms with van der Waals surface area (Å²) in [5, 5.41) is 0. The fourth-order valence-corrected chi connectivity index (χ4v) is 4.01. The number of unbranched alkanes of at least 4 members (excludes halogenated alkanes) is 10. The molecule has 0 aliphatic heterocycles. The standard InChI is InChI=1S/C29H51NO/c1-8-9-10-11-12-13-14-15-16-17-18-19-26-20-22-27(23-21-26)30(25(4)24(2)3)28(31)29(5,6)7/h20-25H,8-19H2,1-7H3. The van der Waals surface area contributed by atoms with Crippen LogP contribution in [-0.2, 0) is 11.2 Å². The highest BCUT2D eigenvalue weighted by Crippen LogP contribution is 2.28. The van der Waals surface area contributed by atoms with E-state index in [-0.39, 0.29) is 17.4 Å². The van der Waals surface area contributed by atoms with Gasteiger partial charge in [-0.2, -0.15) is 0 Å². The lowest BCUT2D eigenvalue weighted by Gasteiger charge is -2.36. The Kier molecular flexibility index (Phi) is 13.1. The summed E-state index contributed by atoms with van der Waals surface area (Å²) < 4.78 is 0. The van der Waals surface area contributed by atoms with E-state index in [1.807, 2.05) is 25.7 Å². The number of anilines is 1. The average Bonchev–Trinajstić information content (AvgIpc) is 2.72. The van der Waals surface area contributed by atoms with Gasteiger partial charge in [-0.15, -0.1) is 0 Å². The summed E-state index contributed by atoms with van der Waals surface area (Å²) in [5.41, 5.74) is 2.04. The molecule has 0 fully saturated rings. The molecule has 0 saturated carbocycles. The van der Waals surface area contributed by atoms with Crippen LogP contribution >= 0.6 is 0 Å². The third-order valence-electron chi connectivity index (χ3n) is 6.52. The van der Waals surface area contributed by atoms with Crippen LogP contribution in [0.1, 0.15) is 125 Å². The van der Waals surface area contributed by atoms with Gasteiger partial charge in [-0.25, -0.2) is 0 Å². The highest BCUT2D eigenvalue weighted by atomic mass is 16.2. The fraction of sp³-hybridized carbons (Fsp3) is 0.759. The Hall–Kier alpha value is -1.31. The van der Waals surface area contributed by atoms with E-state index in [2.05, 4.69) is 52.0 Å². The summed E-state index contributed by atoms with van der Waals surface area (Å²) >= 11 is 0. The monoisotopic (exact) mass is 429 g/mol. The summed E-state index contributed by atoms with van der Waals surface area (Å²) in [7, 11) is 0. The van der Waals surface area contributed by atoms with E-state index in [9.17, 15) is 4.79 Å². The summed E-state index contributed by atoms with van der Waals surface area (Å²) in [6, 6.07) is 8.93. The summed E-state index contributed by atoms with van der Waals surface area (Å²) in [5.74, 6) is 0.620. The van der Waals surface area contributed by atoms with Gasteiger partial charge in [0.25, 0.3) is 0 Å². The minimum Gasteiger partial charge on any atom is -0.309 e. The number of nitrogens with zero attached hydrogens (tertiary/aromatic N) is 1. The Morgan fingerprint density at radius 3 is 1.65 bits per heavy atom. The Morgan fingerprint density at radius 1 is 0.774 bits per heavy atom. The fourth-order valence-electron chi connectivity index (χ4n) is 4.01. The number of aryl methyl sites for hydroxylation is 1. The van der Waals surface area contributed by atoms with Crippen LogP contribution in [0.25, 0.3) is 0 Å². The number of rotatable bonds is 15. The van der Waals surface area contributed by atoms with E-state index >= 15 is 0 Å². The molecule has 0 saturated heterocycles. The first kappa shape index (κ1) is 27.7. The van der Waals surface area contributed by atoms with Crippen molar-refractivity contribution in [1.82, 2.24) is 0 Å². The SMILES string of the molecule is CCCCCCCCCCCCCc1ccc(N(C(=O)C(C)(C)C)C(C)C(C)C)cc1. The van der Waals surface area contributed by atoms with Crippen LogP contribution in [0.2, 0.25) is 0 Å². The van der Waals surface area contributed by atoms with Gasteiger partial charge in [0, 0.05) is 17.1 Å². The van der Waals surface area contributed by atoms with Gasteiger partial charge in [-0.05, 0) is 43.4 Å². The van der Waals surface area contributed by atoms with Gasteiger partial charge in [0.2, 0.25) is 5.91 Å². The molecule has 178 valence electrons. The maximum atomic E-state index is 13.1. The maximum Gasteiger partial charge on any atom is 0.232 e. The van der Waals surface area contributed by atoms with E-state index in [0.29, 0.717) is 5.92 Å². The minimum absolute atomic E-state index is 0.184. The zero-order valence-electron chi connectivity index (χ0n) is 21.8. The Labute approximate surface area is 194 Å². The van der Waals surface area contributed by atoms with Crippen LogP contribution in [0.5, 0.6) is 0 Å². The van der Waals surface area contributed by atoms with E-state index in [0.717, 1.165) is 12.1 Å². The molecule has 1 rings (SSSR count). The Morgan fingerprint density at radius 2 is 1.23 bits per heavy atom. The predicted molar refractivity (Wildman–Crippen MR) is 138 cm³/mol. The number of carbonyl (C=O) groups excluding carboxylic acids is 1. The molecule has 1 aromatic carbocycles. The van der Waals surface area contributed by atoms with Gasteiger partial charge in [-0.1, -0.05) is 118 Å². The van der Waals surface area contributed by atoms with Gasteiger partial charge in [0.05, 0.1) is 0 Å². The quantitative estimate of drug-likeness (QED) is 0.255. The van der Waals surface area contributed by atoms with Crippen LogP contribution < -0.4 is 4.90 Å². The Bertz CT molecular complexity index is 596. The highest BCUT2D eigenvalue weighted by molar-refractivity contribution is 5.97. The highest BCUT2D eigenvalue weighted by Gasteiger charge is 2.32. The van der Waals surface area contributed by atoms with Crippen LogP contribution in [0.4, 0.5) is 5.69 Å². The topological polar surface area (TPSA) is 20.3 Å². The molecule has 0 bridgehead atoms. The molecular weight excluding hydrogens is 378 g/mol. The summed E-state index contributed by atoms with van der Waals surface area (Å²) in [6.07, 6.45) is 16.4. The second-order valence-electron chi connectivity index (χ2n) is 10.9. The van der Waals surface area contributed by atoms with Gasteiger partial charge in [-0.3, -0.25) is 4.79 Å². The molecule has 0 aliphatic carbocycles. The lowest BCUT2D eigenvalue weighted by molar-refractivity contribution is -0.126. The molecular formula is C29H51NO. The van der Waals surface area contributed by atoms with Crippen molar-refractivity contribution in [2.24, 2.45) is 11.3 Å². The van der Waals surface area contributed by atoms with Crippen molar-refractivity contribution in [2.75, 3.05) is 4.90 Å². The molecule has 0 N–H and O–H groups in total. The Balaban J connectivity index is 2.42. The van der Waals surface area contributed by atoms with Crippen molar-refractivity contribution in [3.8, 4) is 0 Å². The minimum atomic E-state index is -0.378. The molecule has 2 nitrogen and oxygen atoms in total. The summed E-state index contributed by atoms with van der Waals surface area (Å²) in [4.78, 5) is 15.1. The zero-order valence-corrected chi connectivity index (χ0v) is 21.8. The van der Waals surface area contributed by atoms with Crippen molar-refractivity contribution in [2.45, 2.75) is 132 Å². The van der Waals surface area contributed by atoms with Crippen molar-refractivity contribution in [3.63, 3.8) is 0 Å². The normalized spacial score (nSPS) is 12.9. The average molecular weight is 430 g/mol. The van der Waals surface area contributed by atoms with Gasteiger partial charge in [0.15, 0.2) is 0 Å². The molecule has 0 heterocycles. The van der Waals surface area contributed by atoms with E-state index in [1.165, 1.54) is 76.2 Å². The smallest absolute Gasteiger partial charge is 0.232 e. The number of hydrogen-bond acceptors (Lipinski definition) is 1. The predicted octanol–water partition coefficient (Wildman–Crippen LogP) is 8.96. The molecule has 0 spiro atoms. The third-order valence-corrected chi connectivity index (χ3v) is 6.52. The van der Waals surface area contributed by atoms with Gasteiger partial charge in [0.1, 0.15) is 0 Å². The first-order valence-electron chi connectivity index (χ1n) is 13.1. The lowest BCUT2D eigenvalue weighted by atomic mass is 9.91. The first-order chi connectivity index (χ1) is 14.7. The van der Waals surface area contributed by atoms with Crippen molar-refractivity contribution in [1.29, 1.82) is 0 Å². The molecule has 1 atom stereocenters. The van der Waals surface area contributed by atoms with E-state index in [4.69, 9.17) is 0 Å². The molecule has 1 amide bonds. The molecule has 31 heavy (non-hydrogen) atoms. The van der Waals surface area contributed by atoms with Gasteiger partial charge >= 0.3 is 0 Å². The maximum absolute atomic E-state index is 13.1. The molecule has 1 aromatic rings. The van der Waals surface area contributed by atoms with Crippen molar-refractivity contribution in [3.05, 3.63) is 29.8 Å². The van der Waals surface area contributed by atoms with Crippen molar-refractivity contribution < 1.29 is 4.79 Å². The molecule has 0 aliphatic rings. The molecule has 2 heteroatoms. The second kappa shape index (κ2) is 14.7. The first-order valence-corrected chi connectivity index (χ1v) is 13.1. The molecule has 1 unspecified atom stereocenters. The van der Waals surface area contributed by atoms with Gasteiger partial charge < -0.3 is 4.90 Å². The third kappa shape index (κ3) is 10.7. The van der Waals surface area contributed by atoms with Crippen LogP contribution in [0.3, 0.4) is 0 Å². The van der Waals surface area contributed by atoms with Crippen LogP contribution in [-0.4, -0.2) is 11.9 Å². The zero-order chi connectivity index (χ0) is 23.3. The van der Waals surface area contributed by atoms with E-state index < -0.39 is 0 Å². The molecule has 0 aromatic heterocycles. The number of carbonyl (C=O) groups is 1. The number of benzene rings is 1. The molecule has 0 radical (unpaired) electrons. The largest absolute Gasteiger partial charge is 0.309 e. The van der Waals surface area contributed by atoms with Crippen LogP contribution in [0.15, 0.2) is 24.3 Å². The van der Waals surface area contributed by atoms with E-state index in [1.54, 1.807) is 0 Å². The lowest BCUT2D eigenvalue weighted by Crippen LogP contribution is -2.47. The van der Waals surface area contributed by atoms with Crippen LogP contribution in [0, 0.1) is 11.3 Å². The number of amides is 1. The summed E-state index contributed by atoms with van der Waals surface area (Å²) in [6.45, 7) is 14.9. The second-order valence-corrected chi connectivity index (χ2v) is 10.9. The van der Waals surface area contributed by atoms with Crippen molar-refractivity contribution >= 4 is 11.6 Å². The number of hydrogen-bond donors (Lipinski definition) is 0.